The molecule has 2 heterocycles. The molecular formula is C31H35ClN6O3S2. The number of carbonyl (C=O) groups is 1. The minimum Gasteiger partial charge on any atom is -0.351 e. The van der Waals surface area contributed by atoms with Gasteiger partial charge in [0.1, 0.15) is 0 Å². The van der Waals surface area contributed by atoms with Gasteiger partial charge in [0.2, 0.25) is 5.91 Å². The number of hydrogen-bond donors (Lipinski definition) is 2. The quantitative estimate of drug-likeness (QED) is 0.0914. The predicted molar refractivity (Wildman–Crippen MR) is 177 cm³/mol. The highest BCUT2D eigenvalue weighted by Gasteiger charge is 2.24. The number of nitro groups is 1. The maximum atomic E-state index is 13.4. The lowest BCUT2D eigenvalue weighted by molar-refractivity contribution is -0.384. The maximum absolute atomic E-state index is 13.4. The summed E-state index contributed by atoms with van der Waals surface area (Å²) in [6.45, 7) is 5.95. The van der Waals surface area contributed by atoms with Crippen LogP contribution in [0.4, 0.5) is 11.4 Å². The van der Waals surface area contributed by atoms with Crippen LogP contribution >= 0.6 is 35.2 Å². The molecule has 2 atom stereocenters. The number of thiophene rings is 1. The van der Waals surface area contributed by atoms with E-state index in [-0.39, 0.29) is 30.0 Å². The molecule has 0 aliphatic heterocycles. The van der Waals surface area contributed by atoms with E-state index in [1.165, 1.54) is 17.0 Å². The lowest BCUT2D eigenvalue weighted by Gasteiger charge is -2.33. The number of aromatic nitrogens is 2. The van der Waals surface area contributed by atoms with Crippen LogP contribution in [0.2, 0.25) is 5.02 Å². The van der Waals surface area contributed by atoms with Gasteiger partial charge in [-0.1, -0.05) is 50.1 Å². The number of benzene rings is 2. The van der Waals surface area contributed by atoms with Crippen LogP contribution in [0, 0.1) is 16.0 Å². The van der Waals surface area contributed by atoms with Gasteiger partial charge in [0, 0.05) is 65.3 Å². The van der Waals surface area contributed by atoms with Crippen molar-refractivity contribution in [1.82, 2.24) is 19.8 Å². The summed E-state index contributed by atoms with van der Waals surface area (Å²) in [5.41, 5.74) is 2.53. The van der Waals surface area contributed by atoms with Gasteiger partial charge in [-0.3, -0.25) is 14.9 Å². The van der Waals surface area contributed by atoms with Crippen LogP contribution in [0.15, 0.2) is 78.6 Å². The molecule has 0 fully saturated rings. The van der Waals surface area contributed by atoms with Gasteiger partial charge in [-0.15, -0.1) is 11.3 Å². The Balaban J connectivity index is 1.44. The summed E-state index contributed by atoms with van der Waals surface area (Å²) in [6, 6.07) is 17.8. The molecule has 0 unspecified atom stereocenters. The first-order valence-corrected chi connectivity index (χ1v) is 15.7. The van der Waals surface area contributed by atoms with Gasteiger partial charge in [0.15, 0.2) is 5.11 Å². The van der Waals surface area contributed by atoms with Gasteiger partial charge in [0.05, 0.1) is 17.7 Å². The first-order valence-electron chi connectivity index (χ1n) is 14.1. The minimum absolute atomic E-state index is 0.0392. The molecule has 2 N–H and O–H groups in total. The van der Waals surface area contributed by atoms with Crippen molar-refractivity contribution in [1.29, 1.82) is 0 Å². The van der Waals surface area contributed by atoms with Crippen molar-refractivity contribution in [3.8, 4) is 0 Å². The highest BCUT2D eigenvalue weighted by molar-refractivity contribution is 7.80. The van der Waals surface area contributed by atoms with Crippen molar-refractivity contribution < 1.29 is 9.72 Å². The molecule has 4 aromatic rings. The van der Waals surface area contributed by atoms with Crippen LogP contribution in [0.5, 0.6) is 0 Å². The summed E-state index contributed by atoms with van der Waals surface area (Å²) in [5, 5.41) is 20.9. The summed E-state index contributed by atoms with van der Waals surface area (Å²) in [7, 11) is 0. The topological polar surface area (TPSA) is 105 Å². The second kappa shape index (κ2) is 15.6. The second-order valence-electron chi connectivity index (χ2n) is 10.4. The molecule has 0 saturated heterocycles. The average Bonchev–Trinajstić information content (AvgIpc) is 3.68. The van der Waals surface area contributed by atoms with Crippen molar-refractivity contribution in [3.05, 3.63) is 110 Å². The van der Waals surface area contributed by atoms with E-state index in [1.807, 2.05) is 34.9 Å². The molecule has 226 valence electrons. The van der Waals surface area contributed by atoms with Crippen LogP contribution in [-0.2, 0) is 24.2 Å². The molecule has 0 aliphatic rings. The number of non-ortho nitro benzene ring substituents is 1. The van der Waals surface area contributed by atoms with Crippen molar-refractivity contribution in [2.45, 2.75) is 45.7 Å². The molecule has 2 aromatic heterocycles. The zero-order valence-electron chi connectivity index (χ0n) is 24.1. The Hall–Kier alpha value is -3.80. The van der Waals surface area contributed by atoms with Crippen molar-refractivity contribution >= 4 is 57.5 Å². The molecular weight excluding hydrogens is 604 g/mol. The summed E-state index contributed by atoms with van der Waals surface area (Å²) in [5.74, 6) is 0.0991. The highest BCUT2D eigenvalue weighted by atomic mass is 35.5. The van der Waals surface area contributed by atoms with E-state index in [0.717, 1.165) is 29.8 Å². The number of rotatable bonds is 14. The summed E-state index contributed by atoms with van der Waals surface area (Å²) in [6.07, 6.45) is 5.23. The Morgan fingerprint density at radius 2 is 1.93 bits per heavy atom. The number of carbonyl (C=O) groups excluding carboxylic acids is 1. The van der Waals surface area contributed by atoms with Gasteiger partial charge in [-0.2, -0.15) is 0 Å². The summed E-state index contributed by atoms with van der Waals surface area (Å²) in [4.78, 5) is 31.6. The number of nitrogens with one attached hydrogen (secondary N) is 2. The van der Waals surface area contributed by atoms with E-state index in [2.05, 4.69) is 45.8 Å². The predicted octanol–water partition coefficient (Wildman–Crippen LogP) is 6.57. The molecule has 43 heavy (non-hydrogen) atoms. The van der Waals surface area contributed by atoms with Crippen molar-refractivity contribution in [3.63, 3.8) is 0 Å². The molecule has 0 spiro atoms. The first kappa shape index (κ1) is 32.1. The molecule has 4 rings (SSSR count). The zero-order valence-corrected chi connectivity index (χ0v) is 26.5. The third-order valence-corrected chi connectivity index (χ3v) is 8.87. The van der Waals surface area contributed by atoms with Crippen LogP contribution in [0.25, 0.3) is 0 Å². The van der Waals surface area contributed by atoms with E-state index in [4.69, 9.17) is 23.8 Å². The zero-order chi connectivity index (χ0) is 30.8. The molecule has 0 saturated carbocycles. The number of thiocarbonyl (C=S) groups is 1. The van der Waals surface area contributed by atoms with E-state index >= 15 is 0 Å². The summed E-state index contributed by atoms with van der Waals surface area (Å²) >= 11 is 13.6. The standard InChI is InChI=1S/C31H35ClN6O3S2/c1-3-22(2)29(20-36(15-14-28-5-4-16-43-28)31(42)34-25-10-8-24(32)9-11-25)35-30(39)17-27-18-33-21-37(27)19-23-6-12-26(13-7-23)38(40)41/h4-13,16,18,21-22,29H,3,14-15,17,19-20H2,1-2H3,(H,34,42)(H,35,39)/t22-,29+/m0/s1. The normalized spacial score (nSPS) is 12.3. The number of hydrogen-bond acceptors (Lipinski definition) is 6. The lowest BCUT2D eigenvalue weighted by atomic mass is 9.98. The van der Waals surface area contributed by atoms with E-state index in [9.17, 15) is 14.9 Å². The SMILES string of the molecule is CC[C@H](C)[C@@H](CN(CCc1cccs1)C(=S)Nc1ccc(Cl)cc1)NC(=O)Cc1cncn1Cc1ccc([N+](=O)[O-])cc1. The van der Waals surface area contributed by atoms with Crippen molar-refractivity contribution in [2.24, 2.45) is 5.92 Å². The maximum Gasteiger partial charge on any atom is 0.269 e. The van der Waals surface area contributed by atoms with Gasteiger partial charge >= 0.3 is 0 Å². The fraction of sp³-hybridized carbons (Fsp3) is 0.323. The van der Waals surface area contributed by atoms with Gasteiger partial charge < -0.3 is 20.1 Å². The van der Waals surface area contributed by atoms with E-state index in [1.54, 1.807) is 36.0 Å². The fourth-order valence-corrected chi connectivity index (χ4v) is 5.69. The third-order valence-electron chi connectivity index (χ3n) is 7.33. The molecule has 1 amide bonds. The summed E-state index contributed by atoms with van der Waals surface area (Å²) < 4.78 is 1.89. The Kier molecular flexibility index (Phi) is 11.7. The number of nitro benzene ring substituents is 1. The largest absolute Gasteiger partial charge is 0.351 e. The number of halogens is 1. The molecule has 0 radical (unpaired) electrons. The fourth-order valence-electron chi connectivity index (χ4n) is 4.58. The molecule has 0 bridgehead atoms. The lowest BCUT2D eigenvalue weighted by Crippen LogP contribution is -2.50. The van der Waals surface area contributed by atoms with Crippen LogP contribution < -0.4 is 10.6 Å². The number of imidazole rings is 1. The number of nitrogens with zero attached hydrogens (tertiary/aromatic N) is 4. The van der Waals surface area contributed by atoms with Crippen LogP contribution in [-0.4, -0.2) is 49.5 Å². The van der Waals surface area contributed by atoms with Crippen LogP contribution in [0.3, 0.4) is 0 Å². The monoisotopic (exact) mass is 638 g/mol. The molecule has 12 heteroatoms. The Bertz CT molecular complexity index is 1490. The Morgan fingerprint density at radius 1 is 1.19 bits per heavy atom. The Morgan fingerprint density at radius 3 is 2.58 bits per heavy atom. The Labute approximate surface area is 266 Å². The molecule has 2 aromatic carbocycles. The first-order chi connectivity index (χ1) is 20.7. The average molecular weight is 639 g/mol. The molecule has 0 aliphatic carbocycles. The van der Waals surface area contributed by atoms with Gasteiger partial charge in [-0.05, 0) is 65.8 Å². The minimum atomic E-state index is -0.422. The smallest absolute Gasteiger partial charge is 0.269 e. The second-order valence-corrected chi connectivity index (χ2v) is 12.2. The molecule has 9 nitrogen and oxygen atoms in total. The third kappa shape index (κ3) is 9.60. The number of anilines is 1. The van der Waals surface area contributed by atoms with Crippen LogP contribution in [0.1, 0.15) is 36.4 Å². The van der Waals surface area contributed by atoms with E-state index < -0.39 is 4.92 Å². The van der Waals surface area contributed by atoms with Crippen molar-refractivity contribution in [2.75, 3.05) is 18.4 Å². The van der Waals surface area contributed by atoms with E-state index in [0.29, 0.717) is 29.8 Å². The highest BCUT2D eigenvalue weighted by Crippen LogP contribution is 2.18. The van der Waals surface area contributed by atoms with Gasteiger partial charge in [-0.25, -0.2) is 4.98 Å². The number of amides is 1. The van der Waals surface area contributed by atoms with Gasteiger partial charge in [0.25, 0.3) is 5.69 Å².